The number of aliphatic hydroxyl groups excluding tert-OH is 2. The van der Waals surface area contributed by atoms with E-state index >= 15 is 0 Å². The summed E-state index contributed by atoms with van der Waals surface area (Å²) in [7, 11) is 0. The van der Waals surface area contributed by atoms with E-state index in [4.69, 9.17) is 14.6 Å². The zero-order valence-electron chi connectivity index (χ0n) is 8.18. The fraction of sp³-hybridized carbons (Fsp3) is 0.556. The van der Waals surface area contributed by atoms with Gasteiger partial charge in [0.25, 0.3) is 5.56 Å². The monoisotopic (exact) mass is 226 g/mol. The Morgan fingerprint density at radius 1 is 1.56 bits per heavy atom. The second kappa shape index (κ2) is 3.27. The Balaban J connectivity index is 1.99. The van der Waals surface area contributed by atoms with Crippen molar-refractivity contribution in [2.45, 2.75) is 24.5 Å². The molecule has 16 heavy (non-hydrogen) atoms. The van der Waals surface area contributed by atoms with Gasteiger partial charge in [-0.3, -0.25) is 9.36 Å². The van der Waals surface area contributed by atoms with Crippen LogP contribution in [0, 0.1) is 0 Å². The fourth-order valence-electron chi connectivity index (χ4n) is 2.02. The van der Waals surface area contributed by atoms with E-state index in [0.29, 0.717) is 0 Å². The molecule has 86 valence electrons. The quantitative estimate of drug-likeness (QED) is 0.590. The molecule has 0 bridgehead atoms. The minimum absolute atomic E-state index is 0.137. The summed E-state index contributed by atoms with van der Waals surface area (Å²) in [4.78, 5) is 14.7. The van der Waals surface area contributed by atoms with Gasteiger partial charge >= 0.3 is 6.01 Å². The van der Waals surface area contributed by atoms with Crippen LogP contribution in [0.4, 0.5) is 0 Å². The number of nitrogens with zero attached hydrogens (tertiary/aromatic N) is 2. The lowest BCUT2D eigenvalue weighted by Gasteiger charge is -2.13. The molecule has 3 rings (SSSR count). The summed E-state index contributed by atoms with van der Waals surface area (Å²) in [6, 6.07) is 1.43. The molecule has 1 saturated heterocycles. The molecule has 0 saturated carbocycles. The molecule has 0 aliphatic carbocycles. The second-order valence-corrected chi connectivity index (χ2v) is 3.78. The molecule has 0 radical (unpaired) electrons. The van der Waals surface area contributed by atoms with E-state index in [0.717, 1.165) is 0 Å². The van der Waals surface area contributed by atoms with Crippen LogP contribution in [0.25, 0.3) is 0 Å². The number of fused-ring (bicyclic) bond motifs is 3. The van der Waals surface area contributed by atoms with Gasteiger partial charge in [0.05, 0.1) is 6.61 Å². The molecule has 2 aliphatic rings. The Labute approximate surface area is 89.9 Å². The van der Waals surface area contributed by atoms with Crippen molar-refractivity contribution in [3.05, 3.63) is 22.6 Å². The summed E-state index contributed by atoms with van der Waals surface area (Å²) in [6.07, 6.45) is -1.24. The minimum atomic E-state index is -0.924. The molecule has 3 heterocycles. The lowest BCUT2D eigenvalue weighted by molar-refractivity contribution is -0.0434. The maximum atomic E-state index is 11.0. The molecule has 0 spiro atoms. The number of rotatable bonds is 1. The summed E-state index contributed by atoms with van der Waals surface area (Å²) < 4.78 is 12.3. The summed E-state index contributed by atoms with van der Waals surface area (Å²) >= 11 is 0. The SMILES string of the molecule is O=c1ccn2c(n1)O[C@H]1C(O)[C@H](CO)O[C@H]12. The van der Waals surface area contributed by atoms with Crippen molar-refractivity contribution in [3.8, 4) is 6.01 Å². The maximum absolute atomic E-state index is 11.0. The van der Waals surface area contributed by atoms with Crippen molar-refractivity contribution >= 4 is 0 Å². The maximum Gasteiger partial charge on any atom is 0.302 e. The van der Waals surface area contributed by atoms with Gasteiger partial charge in [-0.15, -0.1) is 0 Å². The van der Waals surface area contributed by atoms with Crippen LogP contribution in [0.15, 0.2) is 17.1 Å². The van der Waals surface area contributed by atoms with Crippen LogP contribution >= 0.6 is 0 Å². The molecule has 1 unspecified atom stereocenters. The summed E-state index contributed by atoms with van der Waals surface area (Å²) in [5, 5.41) is 18.7. The lowest BCUT2D eigenvalue weighted by Crippen LogP contribution is -2.34. The summed E-state index contributed by atoms with van der Waals surface area (Å²) in [6.45, 7) is -0.277. The van der Waals surface area contributed by atoms with E-state index in [1.807, 2.05) is 0 Å². The molecular formula is C9H10N2O5. The van der Waals surface area contributed by atoms with Gasteiger partial charge in [0, 0.05) is 12.3 Å². The van der Waals surface area contributed by atoms with Crippen LogP contribution in [-0.4, -0.2) is 44.7 Å². The van der Waals surface area contributed by atoms with E-state index in [2.05, 4.69) is 4.98 Å². The number of aromatic nitrogens is 2. The smallest absolute Gasteiger partial charge is 0.302 e. The van der Waals surface area contributed by atoms with E-state index in [-0.39, 0.29) is 12.6 Å². The Morgan fingerprint density at radius 3 is 3.12 bits per heavy atom. The van der Waals surface area contributed by atoms with Gasteiger partial charge in [-0.25, -0.2) is 0 Å². The number of aliphatic hydroxyl groups is 2. The third kappa shape index (κ3) is 1.19. The highest BCUT2D eigenvalue weighted by Crippen LogP contribution is 2.38. The van der Waals surface area contributed by atoms with Gasteiger partial charge in [-0.1, -0.05) is 0 Å². The largest absolute Gasteiger partial charge is 0.453 e. The van der Waals surface area contributed by atoms with Crippen molar-refractivity contribution in [1.29, 1.82) is 0 Å². The van der Waals surface area contributed by atoms with Gasteiger partial charge < -0.3 is 19.7 Å². The number of hydrogen-bond donors (Lipinski definition) is 2. The first kappa shape index (κ1) is 9.76. The average Bonchev–Trinajstić information content (AvgIpc) is 2.75. The van der Waals surface area contributed by atoms with Crippen molar-refractivity contribution in [2.24, 2.45) is 0 Å². The van der Waals surface area contributed by atoms with E-state index in [9.17, 15) is 9.90 Å². The third-order valence-electron chi connectivity index (χ3n) is 2.81. The fourth-order valence-corrected chi connectivity index (χ4v) is 2.02. The first-order valence-electron chi connectivity index (χ1n) is 4.91. The normalized spacial score (nSPS) is 35.6. The van der Waals surface area contributed by atoms with Crippen LogP contribution < -0.4 is 10.3 Å². The average molecular weight is 226 g/mol. The van der Waals surface area contributed by atoms with Crippen LogP contribution in [-0.2, 0) is 4.74 Å². The minimum Gasteiger partial charge on any atom is -0.453 e. The molecule has 7 heteroatoms. The van der Waals surface area contributed by atoms with Gasteiger partial charge in [-0.05, 0) is 0 Å². The van der Waals surface area contributed by atoms with Crippen LogP contribution in [0.2, 0.25) is 0 Å². The zero-order valence-corrected chi connectivity index (χ0v) is 8.18. The molecule has 0 amide bonds. The van der Waals surface area contributed by atoms with Gasteiger partial charge in [0.15, 0.2) is 12.3 Å². The summed E-state index contributed by atoms with van der Waals surface area (Å²) in [5.74, 6) is 0. The number of hydrogen-bond acceptors (Lipinski definition) is 6. The van der Waals surface area contributed by atoms with Crippen LogP contribution in [0.5, 0.6) is 6.01 Å². The molecule has 7 nitrogen and oxygen atoms in total. The highest BCUT2D eigenvalue weighted by Gasteiger charge is 2.50. The second-order valence-electron chi connectivity index (χ2n) is 3.78. The van der Waals surface area contributed by atoms with Gasteiger partial charge in [-0.2, -0.15) is 4.98 Å². The van der Waals surface area contributed by atoms with Crippen LogP contribution in [0.1, 0.15) is 6.23 Å². The predicted molar refractivity (Wildman–Crippen MR) is 49.9 cm³/mol. The summed E-state index contributed by atoms with van der Waals surface area (Å²) in [5.41, 5.74) is -0.403. The molecular weight excluding hydrogens is 216 g/mol. The molecule has 0 aromatic carbocycles. The van der Waals surface area contributed by atoms with Crippen molar-refractivity contribution in [2.75, 3.05) is 6.61 Å². The Kier molecular flexibility index (Phi) is 2.00. The van der Waals surface area contributed by atoms with Gasteiger partial charge in [0.1, 0.15) is 12.2 Å². The predicted octanol–water partition coefficient (Wildman–Crippen LogP) is -1.75. The third-order valence-corrected chi connectivity index (χ3v) is 2.81. The molecule has 4 atom stereocenters. The molecule has 2 N–H and O–H groups in total. The van der Waals surface area contributed by atoms with E-state index < -0.39 is 30.1 Å². The lowest BCUT2D eigenvalue weighted by atomic mass is 10.1. The van der Waals surface area contributed by atoms with E-state index in [1.54, 1.807) is 0 Å². The highest BCUT2D eigenvalue weighted by atomic mass is 16.6. The van der Waals surface area contributed by atoms with Crippen LogP contribution in [0.3, 0.4) is 0 Å². The molecule has 1 fully saturated rings. The molecule has 2 aliphatic heterocycles. The highest BCUT2D eigenvalue weighted by molar-refractivity contribution is 5.10. The first-order chi connectivity index (χ1) is 7.70. The van der Waals surface area contributed by atoms with Crippen molar-refractivity contribution in [1.82, 2.24) is 9.55 Å². The standard InChI is InChI=1S/C9H10N2O5/c12-3-4-6(14)7-8(15-4)11-2-1-5(13)10-9(11)16-7/h1-2,4,6-8,12,14H,3H2/t4-,6?,7-,8+/m0/s1. The molecule has 1 aromatic heterocycles. The Morgan fingerprint density at radius 2 is 2.38 bits per heavy atom. The van der Waals surface area contributed by atoms with Crippen molar-refractivity contribution < 1.29 is 19.7 Å². The zero-order chi connectivity index (χ0) is 11.3. The topological polar surface area (TPSA) is 93.8 Å². The Bertz CT molecular complexity index is 473. The van der Waals surface area contributed by atoms with Crippen molar-refractivity contribution in [3.63, 3.8) is 0 Å². The molecule has 1 aromatic rings. The van der Waals surface area contributed by atoms with Gasteiger partial charge in [0.2, 0.25) is 0 Å². The number of ether oxygens (including phenoxy) is 2. The van der Waals surface area contributed by atoms with E-state index in [1.165, 1.54) is 16.8 Å². The first-order valence-corrected chi connectivity index (χ1v) is 4.91. The Hall–Kier alpha value is -1.44.